The Morgan fingerprint density at radius 1 is 1.47 bits per heavy atom. The highest BCUT2D eigenvalue weighted by atomic mass is 35.5. The average molecular weight is 288 g/mol. The molecule has 1 atom stereocenters. The predicted octanol–water partition coefficient (Wildman–Crippen LogP) is 2.07. The van der Waals surface area contributed by atoms with Gasteiger partial charge in [0, 0.05) is 19.1 Å². The van der Waals surface area contributed by atoms with Crippen molar-refractivity contribution >= 4 is 17.5 Å². The van der Waals surface area contributed by atoms with Crippen molar-refractivity contribution in [3.63, 3.8) is 0 Å². The Morgan fingerprint density at radius 3 is 3.05 bits per heavy atom. The first kappa shape index (κ1) is 14.4. The molecule has 1 saturated heterocycles. The lowest BCUT2D eigenvalue weighted by Gasteiger charge is -2.32. The van der Waals surface area contributed by atoms with E-state index in [0.29, 0.717) is 23.2 Å². The SMILES string of the molecule is Cc1nc(N[C@@H]2CCCN(CCCF)C2)nnc1Cl. The van der Waals surface area contributed by atoms with Crippen LogP contribution in [0.2, 0.25) is 5.15 Å². The van der Waals surface area contributed by atoms with Gasteiger partial charge in [-0.1, -0.05) is 11.6 Å². The van der Waals surface area contributed by atoms with Gasteiger partial charge >= 0.3 is 0 Å². The monoisotopic (exact) mass is 287 g/mol. The number of nitrogens with zero attached hydrogens (tertiary/aromatic N) is 4. The molecule has 0 spiro atoms. The Balaban J connectivity index is 1.89. The third-order valence-electron chi connectivity index (χ3n) is 3.25. The first-order chi connectivity index (χ1) is 9.19. The van der Waals surface area contributed by atoms with Gasteiger partial charge in [-0.25, -0.2) is 4.98 Å². The largest absolute Gasteiger partial charge is 0.349 e. The third-order valence-corrected chi connectivity index (χ3v) is 3.60. The summed E-state index contributed by atoms with van der Waals surface area (Å²) in [7, 11) is 0. The number of hydrogen-bond acceptors (Lipinski definition) is 5. The predicted molar refractivity (Wildman–Crippen MR) is 73.3 cm³/mol. The molecule has 2 rings (SSSR count). The topological polar surface area (TPSA) is 53.9 Å². The van der Waals surface area contributed by atoms with Crippen LogP contribution in [0, 0.1) is 6.92 Å². The molecule has 1 aliphatic heterocycles. The molecule has 0 radical (unpaired) electrons. The second-order valence-electron chi connectivity index (χ2n) is 4.84. The molecule has 7 heteroatoms. The van der Waals surface area contributed by atoms with E-state index < -0.39 is 0 Å². The van der Waals surface area contributed by atoms with Crippen LogP contribution in [0.4, 0.5) is 10.3 Å². The zero-order chi connectivity index (χ0) is 13.7. The summed E-state index contributed by atoms with van der Waals surface area (Å²) in [5, 5.41) is 11.4. The maximum Gasteiger partial charge on any atom is 0.243 e. The molecule has 0 amide bonds. The maximum absolute atomic E-state index is 12.2. The molecule has 5 nitrogen and oxygen atoms in total. The van der Waals surface area contributed by atoms with Crippen LogP contribution in [0.5, 0.6) is 0 Å². The van der Waals surface area contributed by atoms with E-state index in [-0.39, 0.29) is 12.7 Å². The summed E-state index contributed by atoms with van der Waals surface area (Å²) < 4.78 is 12.2. The molecule has 0 aromatic carbocycles. The summed E-state index contributed by atoms with van der Waals surface area (Å²) in [6, 6.07) is 0.288. The van der Waals surface area contributed by atoms with Crippen molar-refractivity contribution in [2.75, 3.05) is 31.6 Å². The third kappa shape index (κ3) is 4.24. The number of halogens is 2. The first-order valence-electron chi connectivity index (χ1n) is 6.60. The summed E-state index contributed by atoms with van der Waals surface area (Å²) in [4.78, 5) is 6.53. The minimum atomic E-state index is -0.252. The normalized spacial score (nSPS) is 20.5. The van der Waals surface area contributed by atoms with Crippen molar-refractivity contribution in [3.05, 3.63) is 10.8 Å². The number of likely N-dealkylation sites (tertiary alicyclic amines) is 1. The van der Waals surface area contributed by atoms with E-state index in [0.717, 1.165) is 32.5 Å². The molecule has 0 unspecified atom stereocenters. The number of piperidine rings is 1. The maximum atomic E-state index is 12.2. The van der Waals surface area contributed by atoms with E-state index in [2.05, 4.69) is 25.4 Å². The first-order valence-corrected chi connectivity index (χ1v) is 6.98. The molecule has 0 aliphatic carbocycles. The van der Waals surface area contributed by atoms with Crippen molar-refractivity contribution in [2.45, 2.75) is 32.2 Å². The van der Waals surface area contributed by atoms with Crippen LogP contribution in [0.1, 0.15) is 25.0 Å². The number of anilines is 1. The Bertz CT molecular complexity index is 417. The molecule has 0 bridgehead atoms. The van der Waals surface area contributed by atoms with E-state index in [1.807, 2.05) is 0 Å². The lowest BCUT2D eigenvalue weighted by molar-refractivity contribution is 0.207. The van der Waals surface area contributed by atoms with Crippen molar-refractivity contribution in [1.82, 2.24) is 20.1 Å². The van der Waals surface area contributed by atoms with Gasteiger partial charge in [-0.3, -0.25) is 4.39 Å². The summed E-state index contributed by atoms with van der Waals surface area (Å²) in [6.45, 7) is 4.30. The lowest BCUT2D eigenvalue weighted by Crippen LogP contribution is -2.42. The highest BCUT2D eigenvalue weighted by Crippen LogP contribution is 2.15. The minimum Gasteiger partial charge on any atom is -0.349 e. The van der Waals surface area contributed by atoms with Gasteiger partial charge in [0.25, 0.3) is 0 Å². The van der Waals surface area contributed by atoms with Gasteiger partial charge in [0.15, 0.2) is 5.15 Å². The zero-order valence-electron chi connectivity index (χ0n) is 11.1. The number of nitrogens with one attached hydrogen (secondary N) is 1. The fourth-order valence-electron chi connectivity index (χ4n) is 2.29. The van der Waals surface area contributed by atoms with Gasteiger partial charge in [-0.15, -0.1) is 10.2 Å². The van der Waals surface area contributed by atoms with Crippen molar-refractivity contribution < 1.29 is 4.39 Å². The molecule has 1 fully saturated rings. The number of rotatable bonds is 5. The average Bonchev–Trinajstić information content (AvgIpc) is 2.41. The molecule has 1 aliphatic rings. The fourth-order valence-corrected chi connectivity index (χ4v) is 2.37. The molecular weight excluding hydrogens is 269 g/mol. The van der Waals surface area contributed by atoms with E-state index in [9.17, 15) is 4.39 Å². The summed E-state index contributed by atoms with van der Waals surface area (Å²) in [5.74, 6) is 0.513. The molecule has 1 aromatic rings. The number of aryl methyl sites for hydroxylation is 1. The molecular formula is C12H19ClFN5. The van der Waals surface area contributed by atoms with Crippen LogP contribution in [0.25, 0.3) is 0 Å². The van der Waals surface area contributed by atoms with Gasteiger partial charge in [-0.05, 0) is 32.7 Å². The van der Waals surface area contributed by atoms with Gasteiger partial charge < -0.3 is 10.2 Å². The summed E-state index contributed by atoms with van der Waals surface area (Å²) >= 11 is 5.80. The zero-order valence-corrected chi connectivity index (χ0v) is 11.8. The van der Waals surface area contributed by atoms with E-state index >= 15 is 0 Å². The van der Waals surface area contributed by atoms with Crippen LogP contribution in [0.15, 0.2) is 0 Å². The van der Waals surface area contributed by atoms with Crippen LogP contribution in [-0.2, 0) is 0 Å². The molecule has 2 heterocycles. The molecule has 106 valence electrons. The van der Waals surface area contributed by atoms with Gasteiger partial charge in [-0.2, -0.15) is 0 Å². The molecule has 1 aromatic heterocycles. The Labute approximate surface area is 117 Å². The van der Waals surface area contributed by atoms with Crippen LogP contribution < -0.4 is 5.32 Å². The number of alkyl halides is 1. The van der Waals surface area contributed by atoms with Crippen molar-refractivity contribution in [3.8, 4) is 0 Å². The van der Waals surface area contributed by atoms with E-state index in [1.54, 1.807) is 6.92 Å². The van der Waals surface area contributed by atoms with Crippen LogP contribution in [0.3, 0.4) is 0 Å². The highest BCUT2D eigenvalue weighted by molar-refractivity contribution is 6.29. The van der Waals surface area contributed by atoms with Gasteiger partial charge in [0.05, 0.1) is 12.4 Å². The van der Waals surface area contributed by atoms with Crippen molar-refractivity contribution in [2.24, 2.45) is 0 Å². The highest BCUT2D eigenvalue weighted by Gasteiger charge is 2.20. The van der Waals surface area contributed by atoms with Crippen LogP contribution in [-0.4, -0.2) is 52.4 Å². The Hall–Kier alpha value is -1.01. The summed E-state index contributed by atoms with van der Waals surface area (Å²) in [5.41, 5.74) is 0.671. The molecule has 19 heavy (non-hydrogen) atoms. The second-order valence-corrected chi connectivity index (χ2v) is 5.20. The van der Waals surface area contributed by atoms with E-state index in [4.69, 9.17) is 11.6 Å². The standard InChI is InChI=1S/C12H19ClFN5/c1-9-11(13)17-18-12(15-9)16-10-4-2-6-19(8-10)7-3-5-14/h10H,2-8H2,1H3,(H,15,16,18)/t10-/m1/s1. The van der Waals surface area contributed by atoms with Crippen LogP contribution >= 0.6 is 11.6 Å². The minimum absolute atomic E-state index is 0.252. The Kier molecular flexibility index (Phi) is 5.27. The Morgan fingerprint density at radius 2 is 2.32 bits per heavy atom. The number of hydrogen-bond donors (Lipinski definition) is 1. The van der Waals surface area contributed by atoms with Gasteiger partial charge in [0.2, 0.25) is 5.95 Å². The quantitative estimate of drug-likeness (QED) is 0.898. The number of aromatic nitrogens is 3. The lowest BCUT2D eigenvalue weighted by atomic mass is 10.1. The van der Waals surface area contributed by atoms with E-state index in [1.165, 1.54) is 0 Å². The van der Waals surface area contributed by atoms with Gasteiger partial charge in [0.1, 0.15) is 0 Å². The summed E-state index contributed by atoms with van der Waals surface area (Å²) in [6.07, 6.45) is 2.77. The smallest absolute Gasteiger partial charge is 0.243 e. The second kappa shape index (κ2) is 6.96. The fraction of sp³-hybridized carbons (Fsp3) is 0.750. The molecule has 1 N–H and O–H groups in total. The van der Waals surface area contributed by atoms with Crippen molar-refractivity contribution in [1.29, 1.82) is 0 Å². The molecule has 0 saturated carbocycles.